The number of aromatic nitrogens is 2. The number of nitrogens with one attached hydrogen (secondary N) is 1. The molecule has 1 aromatic heterocycles. The van der Waals surface area contributed by atoms with E-state index < -0.39 is 6.10 Å². The molecule has 24 heavy (non-hydrogen) atoms. The minimum absolute atomic E-state index is 0. The molecule has 7 nitrogen and oxygen atoms in total. The van der Waals surface area contributed by atoms with Gasteiger partial charge in [-0.2, -0.15) is 4.98 Å². The fourth-order valence-corrected chi connectivity index (χ4v) is 2.52. The number of hydrogen-bond acceptors (Lipinski definition) is 6. The summed E-state index contributed by atoms with van der Waals surface area (Å²) in [4.78, 5) is 16.3. The molecule has 1 fully saturated rings. The second-order valence-corrected chi connectivity index (χ2v) is 5.73. The summed E-state index contributed by atoms with van der Waals surface area (Å²) in [5.41, 5.74) is 6.32. The lowest BCUT2D eigenvalue weighted by atomic mass is 10.2. The van der Waals surface area contributed by atoms with Crippen molar-refractivity contribution < 1.29 is 14.1 Å². The van der Waals surface area contributed by atoms with E-state index in [0.29, 0.717) is 29.7 Å². The molecule has 0 radical (unpaired) electrons. The van der Waals surface area contributed by atoms with Gasteiger partial charge in [0.25, 0.3) is 0 Å². The normalized spacial score (nSPS) is 19.8. The predicted molar refractivity (Wildman–Crippen MR) is 90.8 cm³/mol. The summed E-state index contributed by atoms with van der Waals surface area (Å²) in [7, 11) is 0. The monoisotopic (exact) mass is 372 g/mol. The minimum Gasteiger partial charge on any atom is -0.364 e. The zero-order valence-electron chi connectivity index (χ0n) is 12.8. The topological polar surface area (TPSA) is 103 Å². The Bertz CT molecular complexity index is 678. The number of hydrogen-bond donors (Lipinski definition) is 2. The first-order valence-electron chi connectivity index (χ1n) is 7.37. The van der Waals surface area contributed by atoms with Gasteiger partial charge in [-0.05, 0) is 37.1 Å². The molecule has 0 saturated carbocycles. The lowest BCUT2D eigenvalue weighted by Gasteiger charge is -2.11. The van der Waals surface area contributed by atoms with Crippen molar-refractivity contribution in [3.8, 4) is 11.4 Å². The highest BCUT2D eigenvalue weighted by Crippen LogP contribution is 2.20. The molecule has 2 atom stereocenters. The van der Waals surface area contributed by atoms with Crippen LogP contribution in [0, 0.1) is 0 Å². The summed E-state index contributed by atoms with van der Waals surface area (Å²) < 4.78 is 10.7. The molecule has 2 heterocycles. The molecule has 0 spiro atoms. The summed E-state index contributed by atoms with van der Waals surface area (Å²) >= 11 is 5.84. The molecule has 2 aromatic rings. The van der Waals surface area contributed by atoms with Gasteiger partial charge in [-0.25, -0.2) is 0 Å². The maximum Gasteiger partial charge on any atom is 0.249 e. The lowest BCUT2D eigenvalue weighted by Crippen LogP contribution is -2.35. The van der Waals surface area contributed by atoms with Crippen molar-refractivity contribution in [2.75, 3.05) is 6.54 Å². The first-order valence-corrected chi connectivity index (χ1v) is 7.75. The number of benzene rings is 1. The van der Waals surface area contributed by atoms with Crippen molar-refractivity contribution in [1.29, 1.82) is 0 Å². The van der Waals surface area contributed by atoms with E-state index >= 15 is 0 Å². The number of halogens is 2. The molecule has 1 aliphatic rings. The maximum atomic E-state index is 12.0. The number of amides is 1. The number of carbonyl (C=O) groups is 1. The Morgan fingerprint density at radius 1 is 1.33 bits per heavy atom. The molecule has 1 aliphatic heterocycles. The van der Waals surface area contributed by atoms with Crippen LogP contribution in [0.1, 0.15) is 18.7 Å². The Kier molecular flexibility index (Phi) is 6.56. The number of rotatable bonds is 5. The largest absolute Gasteiger partial charge is 0.364 e. The summed E-state index contributed by atoms with van der Waals surface area (Å²) in [5.74, 6) is 0.593. The van der Waals surface area contributed by atoms with Crippen molar-refractivity contribution in [3.63, 3.8) is 0 Å². The van der Waals surface area contributed by atoms with E-state index in [-0.39, 0.29) is 31.0 Å². The smallest absolute Gasteiger partial charge is 0.249 e. The van der Waals surface area contributed by atoms with E-state index in [1.807, 2.05) is 0 Å². The van der Waals surface area contributed by atoms with Crippen LogP contribution in [0.4, 0.5) is 0 Å². The van der Waals surface area contributed by atoms with Gasteiger partial charge in [0.05, 0.1) is 12.6 Å². The molecule has 9 heteroatoms. The molecule has 3 N–H and O–H groups in total. The third-order valence-electron chi connectivity index (χ3n) is 3.65. The Hall–Kier alpha value is -1.67. The standard InChI is InChI=1S/C15H17ClN4O3.ClH/c16-10-3-1-9(2-4-10)14-19-13(23-20-14)8-18-15(21)12-6-5-11(7-17)22-12;/h1-4,11-12H,5-8,17H2,(H,18,21);1H/t11-,12+;/m1./s1. The minimum atomic E-state index is -0.456. The molecule has 130 valence electrons. The molecule has 1 amide bonds. The second-order valence-electron chi connectivity index (χ2n) is 5.30. The van der Waals surface area contributed by atoms with Gasteiger partial charge >= 0.3 is 0 Å². The highest BCUT2D eigenvalue weighted by atomic mass is 35.5. The fourth-order valence-electron chi connectivity index (χ4n) is 2.39. The Morgan fingerprint density at radius 3 is 2.75 bits per heavy atom. The van der Waals surface area contributed by atoms with Gasteiger partial charge in [0.1, 0.15) is 6.10 Å². The Morgan fingerprint density at radius 2 is 2.08 bits per heavy atom. The fraction of sp³-hybridized carbons (Fsp3) is 0.400. The third-order valence-corrected chi connectivity index (χ3v) is 3.90. The van der Waals surface area contributed by atoms with Gasteiger partial charge in [-0.1, -0.05) is 16.8 Å². The summed E-state index contributed by atoms with van der Waals surface area (Å²) in [5, 5.41) is 7.26. The van der Waals surface area contributed by atoms with E-state index in [1.54, 1.807) is 24.3 Å². The molecular weight excluding hydrogens is 355 g/mol. The number of ether oxygens (including phenoxy) is 1. The van der Waals surface area contributed by atoms with E-state index in [9.17, 15) is 4.79 Å². The highest BCUT2D eigenvalue weighted by molar-refractivity contribution is 6.30. The van der Waals surface area contributed by atoms with Crippen LogP contribution >= 0.6 is 24.0 Å². The SMILES string of the molecule is Cl.NC[C@H]1CC[C@@H](C(=O)NCc2nc(-c3ccc(Cl)cc3)no2)O1. The molecule has 1 aromatic carbocycles. The molecule has 3 rings (SSSR count). The first kappa shape index (κ1) is 18.7. The van der Waals surface area contributed by atoms with Crippen molar-refractivity contribution in [3.05, 3.63) is 35.2 Å². The van der Waals surface area contributed by atoms with Gasteiger partial charge < -0.3 is 20.3 Å². The molecule has 0 unspecified atom stereocenters. The Balaban J connectivity index is 0.00000208. The van der Waals surface area contributed by atoms with Crippen LogP contribution in [-0.2, 0) is 16.1 Å². The number of carbonyl (C=O) groups excluding carboxylic acids is 1. The van der Waals surface area contributed by atoms with Crippen LogP contribution in [0.15, 0.2) is 28.8 Å². The average molecular weight is 373 g/mol. The van der Waals surface area contributed by atoms with Crippen LogP contribution in [0.25, 0.3) is 11.4 Å². The first-order chi connectivity index (χ1) is 11.2. The van der Waals surface area contributed by atoms with Crippen LogP contribution in [0.5, 0.6) is 0 Å². The molecule has 0 bridgehead atoms. The third kappa shape index (κ3) is 4.45. The Labute approximate surface area is 150 Å². The van der Waals surface area contributed by atoms with Crippen LogP contribution in [0.2, 0.25) is 5.02 Å². The van der Waals surface area contributed by atoms with E-state index in [2.05, 4.69) is 15.5 Å². The van der Waals surface area contributed by atoms with Crippen LogP contribution in [-0.4, -0.2) is 34.8 Å². The number of nitrogens with zero attached hydrogens (tertiary/aromatic N) is 2. The van der Waals surface area contributed by atoms with Gasteiger partial charge in [0, 0.05) is 17.1 Å². The summed E-state index contributed by atoms with van der Waals surface area (Å²) in [6, 6.07) is 7.10. The van der Waals surface area contributed by atoms with Gasteiger partial charge in [-0.15, -0.1) is 12.4 Å². The van der Waals surface area contributed by atoms with E-state index in [1.165, 1.54) is 0 Å². The van der Waals surface area contributed by atoms with Gasteiger partial charge in [-0.3, -0.25) is 4.79 Å². The lowest BCUT2D eigenvalue weighted by molar-refractivity contribution is -0.132. The summed E-state index contributed by atoms with van der Waals surface area (Å²) in [6.07, 6.45) is 0.983. The second kappa shape index (κ2) is 8.43. The van der Waals surface area contributed by atoms with Crippen molar-refractivity contribution in [1.82, 2.24) is 15.5 Å². The maximum absolute atomic E-state index is 12.0. The van der Waals surface area contributed by atoms with Crippen molar-refractivity contribution >= 4 is 29.9 Å². The van der Waals surface area contributed by atoms with Crippen LogP contribution < -0.4 is 11.1 Å². The van der Waals surface area contributed by atoms with E-state index in [4.69, 9.17) is 26.6 Å². The predicted octanol–water partition coefficient (Wildman–Crippen LogP) is 1.93. The van der Waals surface area contributed by atoms with Crippen molar-refractivity contribution in [2.45, 2.75) is 31.6 Å². The van der Waals surface area contributed by atoms with Crippen LogP contribution in [0.3, 0.4) is 0 Å². The quantitative estimate of drug-likeness (QED) is 0.830. The zero-order chi connectivity index (χ0) is 16.2. The number of nitrogens with two attached hydrogens (primary N) is 1. The highest BCUT2D eigenvalue weighted by Gasteiger charge is 2.29. The average Bonchev–Trinajstić information content (AvgIpc) is 3.22. The van der Waals surface area contributed by atoms with Crippen molar-refractivity contribution in [2.24, 2.45) is 5.73 Å². The van der Waals surface area contributed by atoms with Gasteiger partial charge in [0.15, 0.2) is 0 Å². The molecular formula is C15H18Cl2N4O3. The molecule has 0 aliphatic carbocycles. The summed E-state index contributed by atoms with van der Waals surface area (Å²) in [6.45, 7) is 0.588. The van der Waals surface area contributed by atoms with Gasteiger partial charge in [0.2, 0.25) is 17.6 Å². The molecule has 1 saturated heterocycles. The van der Waals surface area contributed by atoms with E-state index in [0.717, 1.165) is 12.0 Å². The zero-order valence-corrected chi connectivity index (χ0v) is 14.3.